The topological polar surface area (TPSA) is 160 Å². The van der Waals surface area contributed by atoms with Gasteiger partial charge in [0.25, 0.3) is 0 Å². The number of hydrogen-bond acceptors (Lipinski definition) is 11. The summed E-state index contributed by atoms with van der Waals surface area (Å²) in [6, 6.07) is 18.3. The molecule has 4 amide bonds. The van der Waals surface area contributed by atoms with Gasteiger partial charge in [0.15, 0.2) is 0 Å². The van der Waals surface area contributed by atoms with E-state index in [9.17, 15) is 14.4 Å². The minimum absolute atomic E-state index is 0.142. The summed E-state index contributed by atoms with van der Waals surface area (Å²) >= 11 is 3.02. The third-order valence-corrected chi connectivity index (χ3v) is 12.1. The molecule has 3 N–H and O–H groups in total. The molecule has 1 aliphatic rings. The molecule has 5 aromatic rings. The molecule has 58 heavy (non-hydrogen) atoms. The molecule has 0 radical (unpaired) electrons. The Hall–Kier alpha value is -5.19. The van der Waals surface area contributed by atoms with Crippen molar-refractivity contribution in [1.82, 2.24) is 50.5 Å². The van der Waals surface area contributed by atoms with Crippen LogP contribution >= 0.6 is 22.7 Å². The molecule has 0 bridgehead atoms. The van der Waals surface area contributed by atoms with Crippen LogP contribution in [-0.4, -0.2) is 90.8 Å². The Morgan fingerprint density at radius 3 is 2.21 bits per heavy atom. The fourth-order valence-corrected chi connectivity index (χ4v) is 8.30. The maximum Gasteiger partial charge on any atom is 0.407 e. The van der Waals surface area contributed by atoms with Crippen molar-refractivity contribution >= 4 is 40.7 Å². The number of carbonyl (C=O) groups is 3. The molecule has 3 aromatic heterocycles. The average Bonchev–Trinajstić information content (AvgIpc) is 4.00. The maximum atomic E-state index is 14.4. The summed E-state index contributed by atoms with van der Waals surface area (Å²) in [6.45, 7) is 9.36. The summed E-state index contributed by atoms with van der Waals surface area (Å²) in [7, 11) is 1.72. The van der Waals surface area contributed by atoms with Crippen LogP contribution in [0, 0.1) is 6.92 Å². The van der Waals surface area contributed by atoms with Gasteiger partial charge in [0.05, 0.1) is 34.2 Å². The first-order chi connectivity index (χ1) is 28.1. The van der Waals surface area contributed by atoms with Gasteiger partial charge in [0.2, 0.25) is 5.91 Å². The van der Waals surface area contributed by atoms with Crippen molar-refractivity contribution in [3.05, 3.63) is 116 Å². The minimum Gasteiger partial charge on any atom is -0.444 e. The number of aryl methyl sites for hydroxylation is 1. The van der Waals surface area contributed by atoms with E-state index in [0.29, 0.717) is 57.7 Å². The van der Waals surface area contributed by atoms with E-state index in [1.54, 1.807) is 35.0 Å². The molecule has 0 aliphatic carbocycles. The highest BCUT2D eigenvalue weighted by atomic mass is 32.1. The first kappa shape index (κ1) is 42.4. The number of amides is 4. The number of fused-ring (bicyclic) bond motifs is 1. The van der Waals surface area contributed by atoms with Crippen LogP contribution in [0.3, 0.4) is 0 Å². The molecule has 3 unspecified atom stereocenters. The number of alkyl carbamates (subject to hydrolysis) is 1. The third kappa shape index (κ3) is 12.7. The van der Waals surface area contributed by atoms with E-state index in [2.05, 4.69) is 54.4 Å². The number of nitrogens with zero attached hydrogens (tertiary/aromatic N) is 7. The fourth-order valence-electron chi connectivity index (χ4n) is 6.97. The van der Waals surface area contributed by atoms with Crippen LogP contribution in [-0.2, 0) is 48.6 Å². The quantitative estimate of drug-likeness (QED) is 0.0897. The van der Waals surface area contributed by atoms with Crippen LogP contribution in [0.1, 0.15) is 77.4 Å². The van der Waals surface area contributed by atoms with Crippen LogP contribution in [0.4, 0.5) is 9.59 Å². The average molecular weight is 827 g/mol. The van der Waals surface area contributed by atoms with Crippen molar-refractivity contribution < 1.29 is 19.1 Å². The number of urea groups is 1. The molecule has 0 saturated heterocycles. The van der Waals surface area contributed by atoms with Gasteiger partial charge in [0, 0.05) is 56.3 Å². The second kappa shape index (κ2) is 21.0. The Balaban J connectivity index is 1.16. The van der Waals surface area contributed by atoms with Gasteiger partial charge in [-0.05, 0) is 50.2 Å². The highest BCUT2D eigenvalue weighted by molar-refractivity contribution is 7.09. The van der Waals surface area contributed by atoms with E-state index in [-0.39, 0.29) is 30.6 Å². The number of carbonyl (C=O) groups excluding carboxylic acids is 3. The molecule has 1 aliphatic heterocycles. The predicted molar refractivity (Wildman–Crippen MR) is 225 cm³/mol. The summed E-state index contributed by atoms with van der Waals surface area (Å²) < 4.78 is 7.67. The zero-order valence-corrected chi connectivity index (χ0v) is 35.3. The van der Waals surface area contributed by atoms with Crippen molar-refractivity contribution in [2.75, 3.05) is 20.1 Å². The van der Waals surface area contributed by atoms with E-state index < -0.39 is 12.1 Å². The van der Waals surface area contributed by atoms with Crippen molar-refractivity contribution in [1.29, 1.82) is 0 Å². The summed E-state index contributed by atoms with van der Waals surface area (Å²) in [5, 5.41) is 21.1. The van der Waals surface area contributed by atoms with E-state index in [1.807, 2.05) is 73.0 Å². The largest absolute Gasteiger partial charge is 0.444 e. The molecular weight excluding hydrogens is 773 g/mol. The van der Waals surface area contributed by atoms with Crippen LogP contribution in [0.5, 0.6) is 0 Å². The minimum atomic E-state index is -0.809. The number of hydrogen-bond donors (Lipinski definition) is 3. The highest BCUT2D eigenvalue weighted by Crippen LogP contribution is 2.20. The zero-order chi connectivity index (χ0) is 40.9. The lowest BCUT2D eigenvalue weighted by molar-refractivity contribution is -0.124. The molecule has 14 nitrogen and oxygen atoms in total. The smallest absolute Gasteiger partial charge is 0.407 e. The Morgan fingerprint density at radius 2 is 1.57 bits per heavy atom. The third-order valence-electron chi connectivity index (χ3n) is 10.2. The molecule has 308 valence electrons. The van der Waals surface area contributed by atoms with Gasteiger partial charge in [-0.1, -0.05) is 74.5 Å². The van der Waals surface area contributed by atoms with Gasteiger partial charge in [-0.3, -0.25) is 14.7 Å². The van der Waals surface area contributed by atoms with Gasteiger partial charge in [0.1, 0.15) is 24.3 Å². The Bertz CT molecular complexity index is 2040. The molecule has 6 rings (SSSR count). The van der Waals surface area contributed by atoms with E-state index in [1.165, 1.54) is 11.3 Å². The molecule has 0 spiro atoms. The fraction of sp³-hybridized carbons (Fsp3) is 0.452. The van der Waals surface area contributed by atoms with Crippen molar-refractivity contribution in [2.45, 2.75) is 103 Å². The Kier molecular flexibility index (Phi) is 15.4. The van der Waals surface area contributed by atoms with Gasteiger partial charge >= 0.3 is 12.1 Å². The summed E-state index contributed by atoms with van der Waals surface area (Å²) in [5.41, 5.74) is 4.67. The lowest BCUT2D eigenvalue weighted by Gasteiger charge is -2.30. The summed E-state index contributed by atoms with van der Waals surface area (Å²) in [4.78, 5) is 54.7. The van der Waals surface area contributed by atoms with E-state index >= 15 is 0 Å². The maximum absolute atomic E-state index is 14.4. The van der Waals surface area contributed by atoms with Crippen LogP contribution in [0.2, 0.25) is 0 Å². The first-order valence-corrected chi connectivity index (χ1v) is 21.6. The van der Waals surface area contributed by atoms with Crippen molar-refractivity contribution in [3.8, 4) is 0 Å². The van der Waals surface area contributed by atoms with Crippen molar-refractivity contribution in [3.63, 3.8) is 0 Å². The van der Waals surface area contributed by atoms with E-state index in [4.69, 9.17) is 9.72 Å². The second-order valence-electron chi connectivity index (χ2n) is 15.1. The molecule has 0 fully saturated rings. The summed E-state index contributed by atoms with van der Waals surface area (Å²) in [5.74, 6) is 1.83. The Morgan fingerprint density at radius 1 is 0.879 bits per heavy atom. The molecule has 0 saturated carbocycles. The predicted octanol–water partition coefficient (Wildman–Crippen LogP) is 6.08. The number of benzene rings is 2. The normalized spacial score (nSPS) is 14.3. The van der Waals surface area contributed by atoms with Crippen LogP contribution in [0.25, 0.3) is 0 Å². The number of rotatable bonds is 19. The number of ether oxygens (including phenoxy) is 1. The van der Waals surface area contributed by atoms with Crippen molar-refractivity contribution in [2.24, 2.45) is 0 Å². The van der Waals surface area contributed by atoms with Crippen LogP contribution in [0.15, 0.2) is 77.8 Å². The number of aromatic nitrogens is 5. The first-order valence-electron chi connectivity index (χ1n) is 19.9. The monoisotopic (exact) mass is 826 g/mol. The van der Waals surface area contributed by atoms with Gasteiger partial charge < -0.3 is 30.2 Å². The standard InChI is InChI=1S/C42H54N10O4S2/c1-29(2)40-45-35(27-57-40)24-50(4)41(54)47-37(17-18-51-19-20-52-30(3)48-49-38(52)25-51)39(53)44-33(21-31-11-7-5-8-12-31)15-16-34(22-32-13-9-6-10-14-32)46-42(55)56-26-36-23-43-28-58-36/h5-14,23,27-29,33-34,37H,15-22,24-26H2,1-4H3,(H,44,53)(H,46,55)(H,47,54). The van der Waals surface area contributed by atoms with Gasteiger partial charge in [-0.2, -0.15) is 0 Å². The molecule has 4 heterocycles. The van der Waals surface area contributed by atoms with Gasteiger partial charge in [-0.15, -0.1) is 32.9 Å². The van der Waals surface area contributed by atoms with Crippen LogP contribution < -0.4 is 16.0 Å². The second-order valence-corrected chi connectivity index (χ2v) is 17.0. The summed E-state index contributed by atoms with van der Waals surface area (Å²) in [6.07, 6.45) is 3.88. The molecule has 3 atom stereocenters. The SMILES string of the molecule is Cc1nnc2n1CCN(CCC(NC(=O)N(C)Cc1csc(C(C)C)n1)C(=O)NC(CCC(Cc1ccccc1)NC(=O)OCc1cncs1)Cc1ccccc1)C2. The zero-order valence-electron chi connectivity index (χ0n) is 33.7. The van der Waals surface area contributed by atoms with Gasteiger partial charge in [-0.25, -0.2) is 14.6 Å². The molecular formula is C42H54N10O4S2. The highest BCUT2D eigenvalue weighted by Gasteiger charge is 2.28. The lowest BCUT2D eigenvalue weighted by atomic mass is 9.95. The Labute approximate surface area is 348 Å². The number of nitrogens with one attached hydrogen (secondary N) is 3. The molecule has 2 aromatic carbocycles. The van der Waals surface area contributed by atoms with E-state index in [0.717, 1.165) is 51.4 Å². The lowest BCUT2D eigenvalue weighted by Crippen LogP contribution is -2.53. The molecule has 16 heteroatoms. The number of thiazole rings is 2.